The first kappa shape index (κ1) is 20.3. The molecule has 1 fully saturated rings. The van der Waals surface area contributed by atoms with Gasteiger partial charge in [0, 0.05) is 31.9 Å². The molecular weight excluding hydrogens is 382 g/mol. The Morgan fingerprint density at radius 1 is 0.966 bits per heavy atom. The number of amides is 1. The van der Waals surface area contributed by atoms with Crippen molar-refractivity contribution in [1.82, 2.24) is 4.90 Å². The van der Waals surface area contributed by atoms with Gasteiger partial charge in [-0.05, 0) is 66.8 Å². The quantitative estimate of drug-likeness (QED) is 0.561. The van der Waals surface area contributed by atoms with Crippen molar-refractivity contribution in [3.8, 4) is 0 Å². The number of aryl methyl sites for hydroxylation is 1. The summed E-state index contributed by atoms with van der Waals surface area (Å²) >= 11 is -1.20. The van der Waals surface area contributed by atoms with Gasteiger partial charge in [0.05, 0.1) is 5.69 Å². The molecule has 1 atom stereocenters. The number of nitrogens with zero attached hydrogens (tertiary/aromatic N) is 2. The van der Waals surface area contributed by atoms with Crippen LogP contribution in [0.15, 0.2) is 53.4 Å². The number of rotatable bonds is 7. The molecular formula is C23H29N3O2S. The lowest BCUT2D eigenvalue weighted by Crippen LogP contribution is -2.46. The summed E-state index contributed by atoms with van der Waals surface area (Å²) < 4.78 is 12.0. The van der Waals surface area contributed by atoms with Gasteiger partial charge in [-0.15, -0.1) is 0 Å². The lowest BCUT2D eigenvalue weighted by Gasteiger charge is -2.36. The van der Waals surface area contributed by atoms with Gasteiger partial charge in [0.25, 0.3) is 5.91 Å². The standard InChI is InChI=1S/C23H29N3O2S/c27-23-18-29(28)22-11-10-19(17-21(22)24-23)7-3-2-6-12-25-13-15-26(16-14-25)20-8-4-1-5-9-20/h1,4-5,8-11,17H,2-3,6-7,12-16,18H2,(H,24,27). The molecule has 29 heavy (non-hydrogen) atoms. The third-order valence-corrected chi connectivity index (χ3v) is 7.13. The molecule has 2 aliphatic heterocycles. The van der Waals surface area contributed by atoms with Crippen molar-refractivity contribution in [2.75, 3.05) is 48.7 Å². The molecule has 0 spiro atoms. The maximum Gasteiger partial charge on any atom is 0.274 e. The third kappa shape index (κ3) is 5.32. The number of anilines is 2. The molecule has 2 aliphatic rings. The van der Waals surface area contributed by atoms with Crippen LogP contribution < -0.4 is 10.2 Å². The molecule has 1 amide bonds. The summed E-state index contributed by atoms with van der Waals surface area (Å²) in [5.74, 6) is -0.0771. The average Bonchev–Trinajstić information content (AvgIpc) is 2.74. The van der Waals surface area contributed by atoms with Crippen LogP contribution >= 0.6 is 0 Å². The van der Waals surface area contributed by atoms with Crippen molar-refractivity contribution in [3.63, 3.8) is 0 Å². The topological polar surface area (TPSA) is 58.6 Å². The van der Waals surface area contributed by atoms with Crippen molar-refractivity contribution < 1.29 is 9.35 Å². The molecule has 6 heteroatoms. The monoisotopic (exact) mass is 411 g/mol. The molecule has 2 heterocycles. The van der Waals surface area contributed by atoms with E-state index in [4.69, 9.17) is 0 Å². The van der Waals surface area contributed by atoms with Crippen LogP contribution in [0.2, 0.25) is 0 Å². The maximum absolute atomic E-state index is 12.0. The van der Waals surface area contributed by atoms with Gasteiger partial charge in [-0.3, -0.25) is 9.69 Å². The van der Waals surface area contributed by atoms with Crippen LogP contribution in [-0.4, -0.2) is 53.8 Å². The fraction of sp³-hybridized carbons (Fsp3) is 0.435. The molecule has 0 aromatic heterocycles. The highest BCUT2D eigenvalue weighted by Gasteiger charge is 2.27. The average molecular weight is 412 g/mol. The number of piperazine rings is 1. The molecule has 1 unspecified atom stereocenters. The van der Waals surface area contributed by atoms with E-state index < -0.39 is 11.2 Å². The second kappa shape index (κ2) is 9.65. The summed E-state index contributed by atoms with van der Waals surface area (Å²) in [6.45, 7) is 5.65. The Morgan fingerprint density at radius 3 is 2.55 bits per heavy atom. The molecule has 0 aliphatic carbocycles. The number of para-hydroxylation sites is 1. The zero-order chi connectivity index (χ0) is 20.1. The molecule has 2 aromatic rings. The van der Waals surface area contributed by atoms with Crippen molar-refractivity contribution in [1.29, 1.82) is 0 Å². The van der Waals surface area contributed by atoms with Crippen LogP contribution in [-0.2, 0) is 22.4 Å². The number of hydrogen-bond acceptors (Lipinski definition) is 4. The van der Waals surface area contributed by atoms with E-state index in [0.29, 0.717) is 0 Å². The minimum atomic E-state index is -1.20. The number of unbranched alkanes of at least 4 members (excludes halogenated alkanes) is 2. The number of carbonyl (C=O) groups excluding carboxylic acids is 1. The van der Waals surface area contributed by atoms with E-state index in [1.807, 2.05) is 12.1 Å². The van der Waals surface area contributed by atoms with E-state index in [1.54, 1.807) is 0 Å². The molecule has 0 saturated carbocycles. The van der Waals surface area contributed by atoms with Gasteiger partial charge in [0.1, 0.15) is 0 Å². The van der Waals surface area contributed by atoms with Gasteiger partial charge >= 0.3 is 0 Å². The highest BCUT2D eigenvalue weighted by molar-refractivity contribution is 7.92. The van der Waals surface area contributed by atoms with Gasteiger partial charge < -0.3 is 14.8 Å². The smallest absolute Gasteiger partial charge is 0.274 e. The van der Waals surface area contributed by atoms with E-state index in [0.717, 1.165) is 49.6 Å². The lowest BCUT2D eigenvalue weighted by molar-refractivity contribution is -0.114. The number of fused-ring (bicyclic) bond motifs is 1. The molecule has 1 saturated heterocycles. The van der Waals surface area contributed by atoms with Crippen molar-refractivity contribution in [2.24, 2.45) is 0 Å². The zero-order valence-electron chi connectivity index (χ0n) is 16.8. The van der Waals surface area contributed by atoms with Crippen LogP contribution in [0.1, 0.15) is 24.8 Å². The molecule has 2 aromatic carbocycles. The summed E-state index contributed by atoms with van der Waals surface area (Å²) in [6, 6.07) is 16.6. The predicted molar refractivity (Wildman–Crippen MR) is 119 cm³/mol. The van der Waals surface area contributed by atoms with Gasteiger partial charge in [-0.1, -0.05) is 30.7 Å². The van der Waals surface area contributed by atoms with E-state index in [1.165, 1.54) is 30.6 Å². The van der Waals surface area contributed by atoms with Gasteiger partial charge in [0.2, 0.25) is 0 Å². The molecule has 154 valence electrons. The van der Waals surface area contributed by atoms with E-state index in [9.17, 15) is 9.35 Å². The largest absolute Gasteiger partial charge is 0.611 e. The summed E-state index contributed by atoms with van der Waals surface area (Å²) in [4.78, 5) is 17.4. The maximum atomic E-state index is 12.0. The minimum Gasteiger partial charge on any atom is -0.611 e. The molecule has 1 N–H and O–H groups in total. The summed E-state index contributed by atoms with van der Waals surface area (Å²) in [6.07, 6.45) is 4.56. The SMILES string of the molecule is O=C1C[S+]([O-])c2ccc(CCCCCN3CCN(c4ccccc4)CC3)cc2N1. The van der Waals surface area contributed by atoms with Crippen LogP contribution in [0.25, 0.3) is 0 Å². The fourth-order valence-corrected chi connectivity index (χ4v) is 5.16. The van der Waals surface area contributed by atoms with E-state index in [2.05, 4.69) is 51.5 Å². The van der Waals surface area contributed by atoms with Gasteiger partial charge in [-0.25, -0.2) is 0 Å². The molecule has 4 rings (SSSR count). The Hall–Kier alpha value is -2.02. The Balaban J connectivity index is 1.15. The summed E-state index contributed by atoms with van der Waals surface area (Å²) in [7, 11) is 0. The Kier molecular flexibility index (Phi) is 6.74. The molecule has 0 radical (unpaired) electrons. The normalized spacial score (nSPS) is 19.7. The first-order chi connectivity index (χ1) is 14.2. The molecule has 0 bridgehead atoms. The Labute approximate surface area is 176 Å². The number of carbonyl (C=O) groups is 1. The van der Waals surface area contributed by atoms with Crippen molar-refractivity contribution in [3.05, 3.63) is 54.1 Å². The van der Waals surface area contributed by atoms with Crippen LogP contribution in [0.4, 0.5) is 11.4 Å². The second-order valence-electron chi connectivity index (χ2n) is 7.84. The van der Waals surface area contributed by atoms with Gasteiger partial charge in [-0.2, -0.15) is 0 Å². The van der Waals surface area contributed by atoms with E-state index in [-0.39, 0.29) is 11.7 Å². The van der Waals surface area contributed by atoms with E-state index >= 15 is 0 Å². The van der Waals surface area contributed by atoms with Crippen molar-refractivity contribution >= 4 is 28.5 Å². The van der Waals surface area contributed by atoms with Crippen LogP contribution in [0, 0.1) is 0 Å². The number of benzene rings is 2. The summed E-state index contributed by atoms with van der Waals surface area (Å²) in [5, 5.41) is 2.85. The lowest BCUT2D eigenvalue weighted by atomic mass is 10.1. The predicted octanol–water partition coefficient (Wildman–Crippen LogP) is 3.28. The Bertz CT molecular complexity index is 822. The summed E-state index contributed by atoms with van der Waals surface area (Å²) in [5.41, 5.74) is 3.27. The number of nitrogens with one attached hydrogen (secondary N) is 1. The first-order valence-electron chi connectivity index (χ1n) is 10.5. The minimum absolute atomic E-state index is 0.0754. The molecule has 5 nitrogen and oxygen atoms in total. The highest BCUT2D eigenvalue weighted by Crippen LogP contribution is 2.28. The van der Waals surface area contributed by atoms with Crippen LogP contribution in [0.5, 0.6) is 0 Å². The highest BCUT2D eigenvalue weighted by atomic mass is 32.2. The fourth-order valence-electron chi connectivity index (χ4n) is 4.12. The first-order valence-corrected chi connectivity index (χ1v) is 11.8. The van der Waals surface area contributed by atoms with Crippen molar-refractivity contribution in [2.45, 2.75) is 30.6 Å². The van der Waals surface area contributed by atoms with Gasteiger partial charge in [0.15, 0.2) is 10.6 Å². The zero-order valence-corrected chi connectivity index (χ0v) is 17.6. The third-order valence-electron chi connectivity index (χ3n) is 5.76. The van der Waals surface area contributed by atoms with Crippen LogP contribution in [0.3, 0.4) is 0 Å². The number of hydrogen-bond donors (Lipinski definition) is 1. The Morgan fingerprint density at radius 2 is 1.76 bits per heavy atom. The second-order valence-corrected chi connectivity index (χ2v) is 9.26.